The fourth-order valence-electron chi connectivity index (χ4n) is 1.21. The van der Waals surface area contributed by atoms with Crippen molar-refractivity contribution in [1.82, 2.24) is 5.48 Å². The normalized spacial score (nSPS) is 9.93. The molecule has 0 fully saturated rings. The first-order valence-corrected chi connectivity index (χ1v) is 4.97. The van der Waals surface area contributed by atoms with Gasteiger partial charge in [-0.05, 0) is 31.0 Å². The quantitative estimate of drug-likeness (QED) is 0.565. The summed E-state index contributed by atoms with van der Waals surface area (Å²) in [5, 5.41) is 0. The van der Waals surface area contributed by atoms with Crippen LogP contribution in [-0.2, 0) is 16.1 Å². The van der Waals surface area contributed by atoms with Crippen LogP contribution in [0.4, 0.5) is 5.69 Å². The predicted octanol–water partition coefficient (Wildman–Crippen LogP) is 1.27. The van der Waals surface area contributed by atoms with Crippen molar-refractivity contribution in [3.63, 3.8) is 0 Å². The number of carbonyl (C=O) groups excluding carboxylic acids is 1. The maximum Gasteiger partial charge on any atom is 0.243 e. The van der Waals surface area contributed by atoms with Crippen LogP contribution in [0.5, 0.6) is 0 Å². The lowest BCUT2D eigenvalue weighted by molar-refractivity contribution is -0.133. The lowest BCUT2D eigenvalue weighted by atomic mass is 10.1. The van der Waals surface area contributed by atoms with Crippen molar-refractivity contribution in [2.24, 2.45) is 0 Å². The largest absolute Gasteiger partial charge is 0.399 e. The van der Waals surface area contributed by atoms with Crippen LogP contribution in [0.3, 0.4) is 0 Å². The number of nitrogens with two attached hydrogens (primary N) is 1. The minimum atomic E-state index is -0.112. The van der Waals surface area contributed by atoms with E-state index in [0.717, 1.165) is 11.3 Å². The molecule has 1 aromatic rings. The Balaban J connectivity index is 2.33. The van der Waals surface area contributed by atoms with Gasteiger partial charge >= 0.3 is 0 Å². The zero-order valence-electron chi connectivity index (χ0n) is 8.82. The summed E-state index contributed by atoms with van der Waals surface area (Å²) >= 11 is 0. The smallest absolute Gasteiger partial charge is 0.243 e. The second kappa shape index (κ2) is 6.03. The maximum absolute atomic E-state index is 11.2. The summed E-state index contributed by atoms with van der Waals surface area (Å²) in [5.41, 5.74) is 9.74. The number of carbonyl (C=O) groups is 1. The summed E-state index contributed by atoms with van der Waals surface area (Å²) in [6, 6.07) is 7.52. The van der Waals surface area contributed by atoms with E-state index in [2.05, 4.69) is 5.48 Å². The average molecular weight is 208 g/mol. The van der Waals surface area contributed by atoms with E-state index in [1.807, 2.05) is 31.2 Å². The first-order chi connectivity index (χ1) is 7.22. The number of aryl methyl sites for hydroxylation is 1. The Bertz CT molecular complexity index is 326. The molecule has 3 N–H and O–H groups in total. The van der Waals surface area contributed by atoms with Crippen LogP contribution < -0.4 is 11.2 Å². The molecule has 0 aliphatic carbocycles. The molecule has 0 saturated carbocycles. The Hall–Kier alpha value is -1.55. The van der Waals surface area contributed by atoms with Gasteiger partial charge in [0.1, 0.15) is 0 Å². The summed E-state index contributed by atoms with van der Waals surface area (Å²) in [6.07, 6.45) is 1.08. The van der Waals surface area contributed by atoms with Crippen molar-refractivity contribution >= 4 is 11.6 Å². The minimum absolute atomic E-state index is 0.112. The van der Waals surface area contributed by atoms with Crippen LogP contribution >= 0.6 is 0 Å². The second-order valence-corrected chi connectivity index (χ2v) is 3.20. The number of nitrogens with one attached hydrogen (secondary N) is 1. The molecular formula is C11H16N2O2. The average Bonchev–Trinajstić information content (AvgIpc) is 2.23. The third kappa shape index (κ3) is 4.46. The highest BCUT2D eigenvalue weighted by molar-refractivity contribution is 5.75. The van der Waals surface area contributed by atoms with Crippen LogP contribution in [0.2, 0.25) is 0 Å². The number of nitrogen functional groups attached to an aromatic ring is 1. The van der Waals surface area contributed by atoms with Gasteiger partial charge in [0, 0.05) is 12.1 Å². The molecule has 0 aliphatic heterocycles. The van der Waals surface area contributed by atoms with Crippen LogP contribution in [0.1, 0.15) is 18.9 Å². The number of hydrogen-bond acceptors (Lipinski definition) is 3. The van der Waals surface area contributed by atoms with Gasteiger partial charge in [-0.15, -0.1) is 0 Å². The van der Waals surface area contributed by atoms with E-state index in [9.17, 15) is 4.79 Å². The first kappa shape index (κ1) is 11.5. The van der Waals surface area contributed by atoms with E-state index < -0.39 is 0 Å². The number of rotatable bonds is 5. The van der Waals surface area contributed by atoms with Gasteiger partial charge in [-0.25, -0.2) is 5.48 Å². The molecule has 0 aromatic heterocycles. The molecule has 1 aromatic carbocycles. The van der Waals surface area contributed by atoms with Gasteiger partial charge in [0.05, 0.1) is 6.61 Å². The lowest BCUT2D eigenvalue weighted by Crippen LogP contribution is -2.23. The van der Waals surface area contributed by atoms with E-state index in [1.165, 1.54) is 0 Å². The van der Waals surface area contributed by atoms with E-state index >= 15 is 0 Å². The first-order valence-electron chi connectivity index (χ1n) is 4.97. The molecule has 0 aliphatic rings. The van der Waals surface area contributed by atoms with Gasteiger partial charge in [-0.3, -0.25) is 9.63 Å². The summed E-state index contributed by atoms with van der Waals surface area (Å²) in [6.45, 7) is 2.29. The third-order valence-corrected chi connectivity index (χ3v) is 1.92. The Kier molecular flexibility index (Phi) is 4.63. The highest BCUT2D eigenvalue weighted by Crippen LogP contribution is 2.08. The zero-order chi connectivity index (χ0) is 11.1. The van der Waals surface area contributed by atoms with E-state index in [1.54, 1.807) is 0 Å². The molecule has 0 spiro atoms. The van der Waals surface area contributed by atoms with Gasteiger partial charge in [0.2, 0.25) is 5.91 Å². The molecule has 1 amide bonds. The molecule has 0 saturated heterocycles. The molecule has 0 heterocycles. The molecule has 15 heavy (non-hydrogen) atoms. The Morgan fingerprint density at radius 1 is 1.53 bits per heavy atom. The highest BCUT2D eigenvalue weighted by atomic mass is 16.6. The summed E-state index contributed by atoms with van der Waals surface area (Å²) in [4.78, 5) is 16.0. The molecule has 1 rings (SSSR count). The fraction of sp³-hybridized carbons (Fsp3) is 0.364. The highest BCUT2D eigenvalue weighted by Gasteiger charge is 2.01. The molecular weight excluding hydrogens is 192 g/mol. The summed E-state index contributed by atoms with van der Waals surface area (Å²) in [7, 11) is 0. The number of benzene rings is 1. The van der Waals surface area contributed by atoms with E-state index in [-0.39, 0.29) is 5.91 Å². The Labute approximate surface area is 89.4 Å². The summed E-state index contributed by atoms with van der Waals surface area (Å²) in [5.74, 6) is -0.112. The van der Waals surface area contributed by atoms with Crippen molar-refractivity contribution < 1.29 is 9.63 Å². The van der Waals surface area contributed by atoms with Crippen LogP contribution in [0.15, 0.2) is 24.3 Å². The predicted molar refractivity (Wildman–Crippen MR) is 58.9 cm³/mol. The van der Waals surface area contributed by atoms with Gasteiger partial charge in [0.25, 0.3) is 0 Å². The minimum Gasteiger partial charge on any atom is -0.399 e. The topological polar surface area (TPSA) is 64.3 Å². The molecule has 0 radical (unpaired) electrons. The number of amides is 1. The Morgan fingerprint density at radius 3 is 3.00 bits per heavy atom. The number of anilines is 1. The third-order valence-electron chi connectivity index (χ3n) is 1.92. The number of hydroxylamine groups is 1. The summed E-state index contributed by atoms with van der Waals surface area (Å²) < 4.78 is 0. The van der Waals surface area contributed by atoms with Crippen molar-refractivity contribution in [3.05, 3.63) is 29.8 Å². The van der Waals surface area contributed by atoms with Crippen molar-refractivity contribution in [3.8, 4) is 0 Å². The SMILES string of the molecule is CCONC(=O)CCc1cccc(N)c1. The molecule has 0 unspecified atom stereocenters. The molecule has 4 nitrogen and oxygen atoms in total. The molecule has 0 bridgehead atoms. The van der Waals surface area contributed by atoms with Crippen LogP contribution in [-0.4, -0.2) is 12.5 Å². The van der Waals surface area contributed by atoms with Crippen molar-refractivity contribution in [2.45, 2.75) is 19.8 Å². The van der Waals surface area contributed by atoms with Crippen molar-refractivity contribution in [2.75, 3.05) is 12.3 Å². The van der Waals surface area contributed by atoms with Crippen molar-refractivity contribution in [1.29, 1.82) is 0 Å². The standard InChI is InChI=1S/C11H16N2O2/c1-2-15-13-11(14)7-6-9-4-3-5-10(12)8-9/h3-5,8H,2,6-7,12H2,1H3,(H,13,14). The zero-order valence-corrected chi connectivity index (χ0v) is 8.82. The molecule has 82 valence electrons. The van der Waals surface area contributed by atoms with Gasteiger partial charge in [0.15, 0.2) is 0 Å². The Morgan fingerprint density at radius 2 is 2.33 bits per heavy atom. The van der Waals surface area contributed by atoms with E-state index in [4.69, 9.17) is 10.6 Å². The maximum atomic E-state index is 11.2. The van der Waals surface area contributed by atoms with Gasteiger partial charge in [-0.2, -0.15) is 0 Å². The monoisotopic (exact) mass is 208 g/mol. The second-order valence-electron chi connectivity index (χ2n) is 3.20. The lowest BCUT2D eigenvalue weighted by Gasteiger charge is -2.04. The fourth-order valence-corrected chi connectivity index (χ4v) is 1.21. The van der Waals surface area contributed by atoms with Crippen LogP contribution in [0.25, 0.3) is 0 Å². The van der Waals surface area contributed by atoms with Gasteiger partial charge in [-0.1, -0.05) is 12.1 Å². The van der Waals surface area contributed by atoms with Gasteiger partial charge < -0.3 is 5.73 Å². The van der Waals surface area contributed by atoms with E-state index in [0.29, 0.717) is 19.4 Å². The molecule has 4 heteroatoms. The van der Waals surface area contributed by atoms with Crippen LogP contribution in [0, 0.1) is 0 Å². The number of hydrogen-bond donors (Lipinski definition) is 2. The molecule has 0 atom stereocenters.